The van der Waals surface area contributed by atoms with E-state index in [1.807, 2.05) is 35.1 Å². The summed E-state index contributed by atoms with van der Waals surface area (Å²) in [6.07, 6.45) is 6.85. The number of pyridine rings is 1. The van der Waals surface area contributed by atoms with Crippen molar-refractivity contribution in [1.29, 1.82) is 0 Å². The first-order valence-electron chi connectivity index (χ1n) is 14.4. The van der Waals surface area contributed by atoms with Crippen molar-refractivity contribution >= 4 is 23.0 Å². The van der Waals surface area contributed by atoms with Gasteiger partial charge in [0.05, 0.1) is 23.5 Å². The maximum atomic E-state index is 12.4. The topological polar surface area (TPSA) is 51.0 Å². The van der Waals surface area contributed by atoms with Crippen molar-refractivity contribution in [3.63, 3.8) is 0 Å². The highest BCUT2D eigenvalue weighted by Crippen LogP contribution is 2.45. The summed E-state index contributed by atoms with van der Waals surface area (Å²) in [6, 6.07) is 40.4. The van der Waals surface area contributed by atoms with Crippen LogP contribution in [0.25, 0.3) is 6.08 Å². The van der Waals surface area contributed by atoms with Crippen LogP contribution in [0.4, 0.5) is 0 Å². The molecule has 3 heterocycles. The number of thioether (sulfide) groups is 1. The van der Waals surface area contributed by atoms with Gasteiger partial charge in [-0.05, 0) is 53.0 Å². The molecular weight excluding hydrogens is 536 g/mol. The minimum Gasteiger partial charge on any atom is -0.288 e. The fourth-order valence-electron chi connectivity index (χ4n) is 6.10. The fourth-order valence-corrected chi connectivity index (χ4v) is 7.01. The predicted octanol–water partition coefficient (Wildman–Crippen LogP) is 7.06. The molecule has 1 unspecified atom stereocenters. The summed E-state index contributed by atoms with van der Waals surface area (Å²) in [4.78, 5) is 19.4. The molecule has 1 fully saturated rings. The van der Waals surface area contributed by atoms with Gasteiger partial charge in [-0.15, -0.1) is 0 Å². The summed E-state index contributed by atoms with van der Waals surface area (Å²) in [6.45, 7) is 3.82. The molecule has 5 aromatic rings. The van der Waals surface area contributed by atoms with E-state index < -0.39 is 5.54 Å². The van der Waals surface area contributed by atoms with Crippen LogP contribution < -0.4 is 0 Å². The molecule has 0 aliphatic carbocycles. The summed E-state index contributed by atoms with van der Waals surface area (Å²) in [5, 5.41) is 5.10. The van der Waals surface area contributed by atoms with Crippen molar-refractivity contribution < 1.29 is 4.79 Å². The van der Waals surface area contributed by atoms with Gasteiger partial charge in [0, 0.05) is 37.7 Å². The maximum absolute atomic E-state index is 12.4. The first kappa shape index (κ1) is 27.9. The van der Waals surface area contributed by atoms with Gasteiger partial charge < -0.3 is 0 Å². The average Bonchev–Trinajstić information content (AvgIpc) is 3.47. The molecule has 2 aromatic heterocycles. The molecule has 1 saturated heterocycles. The monoisotopic (exact) mass is 570 g/mol. The van der Waals surface area contributed by atoms with E-state index in [2.05, 4.69) is 107 Å². The van der Waals surface area contributed by atoms with Crippen molar-refractivity contribution in [2.45, 2.75) is 30.7 Å². The number of hydrogen-bond donors (Lipinski definition) is 0. The maximum Gasteiger partial charge on any atom is 0.186 e. The molecule has 1 aliphatic heterocycles. The Kier molecular flexibility index (Phi) is 8.45. The highest BCUT2D eigenvalue weighted by Gasteiger charge is 2.44. The number of piperidine rings is 1. The molecule has 0 saturated carbocycles. The second kappa shape index (κ2) is 12.7. The fraction of sp³-hybridized carbons (Fsp3) is 0.194. The zero-order valence-electron chi connectivity index (χ0n) is 23.7. The molecule has 0 bridgehead atoms. The largest absolute Gasteiger partial charge is 0.288 e. The van der Waals surface area contributed by atoms with Gasteiger partial charge in [0.25, 0.3) is 0 Å². The van der Waals surface area contributed by atoms with Gasteiger partial charge in [-0.25, -0.2) is 0 Å². The zero-order chi connectivity index (χ0) is 28.8. The van der Waals surface area contributed by atoms with Crippen molar-refractivity contribution in [1.82, 2.24) is 19.7 Å². The zero-order valence-corrected chi connectivity index (χ0v) is 24.5. The lowest BCUT2D eigenvalue weighted by atomic mass is 9.74. The summed E-state index contributed by atoms with van der Waals surface area (Å²) < 4.78 is 1.92. The first-order chi connectivity index (χ1) is 20.6. The molecule has 6 rings (SSSR count). The van der Waals surface area contributed by atoms with Crippen molar-refractivity contribution in [3.05, 3.63) is 161 Å². The molecule has 3 aromatic carbocycles. The van der Waals surface area contributed by atoms with Gasteiger partial charge in [0.2, 0.25) is 0 Å². The van der Waals surface area contributed by atoms with Gasteiger partial charge in [-0.3, -0.25) is 19.4 Å². The SMILES string of the molecule is CC(=O)SC1CCN(C(c2ccccc2)(c2ccccc2)c2ccccc2)C/C1=C\c1ccn(Cc2ccccn2)n1. The van der Waals surface area contributed by atoms with Crippen molar-refractivity contribution in [3.8, 4) is 0 Å². The van der Waals surface area contributed by atoms with Crippen LogP contribution in [-0.4, -0.2) is 43.1 Å². The molecule has 0 radical (unpaired) electrons. The molecule has 42 heavy (non-hydrogen) atoms. The van der Waals surface area contributed by atoms with Crippen LogP contribution in [0.15, 0.2) is 133 Å². The number of nitrogens with zero attached hydrogens (tertiary/aromatic N) is 4. The van der Waals surface area contributed by atoms with Crippen LogP contribution in [-0.2, 0) is 16.9 Å². The molecule has 1 aliphatic rings. The molecule has 0 amide bonds. The molecule has 6 heteroatoms. The van der Waals surface area contributed by atoms with Crippen LogP contribution in [0, 0.1) is 0 Å². The van der Waals surface area contributed by atoms with Gasteiger partial charge in [0.1, 0.15) is 0 Å². The Bertz CT molecular complexity index is 1540. The van der Waals surface area contributed by atoms with E-state index in [1.54, 1.807) is 13.1 Å². The van der Waals surface area contributed by atoms with Crippen LogP contribution >= 0.6 is 11.8 Å². The minimum absolute atomic E-state index is 0.0970. The third kappa shape index (κ3) is 5.87. The van der Waals surface area contributed by atoms with Gasteiger partial charge >= 0.3 is 0 Å². The average molecular weight is 571 g/mol. The molecule has 0 spiro atoms. The van der Waals surface area contributed by atoms with Crippen LogP contribution in [0.1, 0.15) is 41.4 Å². The molecule has 0 N–H and O–H groups in total. The second-order valence-electron chi connectivity index (χ2n) is 10.6. The Morgan fingerprint density at radius 3 is 2.00 bits per heavy atom. The van der Waals surface area contributed by atoms with Gasteiger partial charge in [-0.1, -0.05) is 109 Å². The second-order valence-corrected chi connectivity index (χ2v) is 12.0. The highest BCUT2D eigenvalue weighted by molar-refractivity contribution is 8.14. The number of carbonyl (C=O) groups is 1. The van der Waals surface area contributed by atoms with Crippen molar-refractivity contribution in [2.24, 2.45) is 0 Å². The first-order valence-corrected chi connectivity index (χ1v) is 15.2. The quantitative estimate of drug-likeness (QED) is 0.187. The molecule has 1 atom stereocenters. The molecular formula is C36H34N4OS. The highest BCUT2D eigenvalue weighted by atomic mass is 32.2. The third-order valence-corrected chi connectivity index (χ3v) is 9.01. The normalized spacial score (nSPS) is 16.9. The van der Waals surface area contributed by atoms with Crippen LogP contribution in [0.3, 0.4) is 0 Å². The summed E-state index contributed by atoms with van der Waals surface area (Å²) in [7, 11) is 0. The number of benzene rings is 3. The number of carbonyl (C=O) groups excluding carboxylic acids is 1. The van der Waals surface area contributed by atoms with Crippen molar-refractivity contribution in [2.75, 3.05) is 13.1 Å². The van der Waals surface area contributed by atoms with Crippen LogP contribution in [0.2, 0.25) is 0 Å². The molecule has 5 nitrogen and oxygen atoms in total. The standard InChI is InChI=1S/C36H34N4OS/c1-28(41)42-35-21-23-39(26-29(35)25-33-20-24-40(38-33)27-34-19-11-12-22-37-34)36(30-13-5-2-6-14-30,31-15-7-3-8-16-31)32-17-9-4-10-18-32/h2-20,22,24-25,35H,21,23,26-27H2,1H3/b29-25+. The van der Waals surface area contributed by atoms with E-state index in [-0.39, 0.29) is 10.4 Å². The Hall–Kier alpha value is -4.26. The molecule has 210 valence electrons. The lowest BCUT2D eigenvalue weighted by molar-refractivity contribution is -0.109. The van der Waals surface area contributed by atoms with E-state index in [1.165, 1.54) is 34.0 Å². The number of rotatable bonds is 8. The smallest absolute Gasteiger partial charge is 0.186 e. The Morgan fingerprint density at radius 2 is 1.45 bits per heavy atom. The van der Waals surface area contributed by atoms with E-state index in [9.17, 15) is 4.79 Å². The van der Waals surface area contributed by atoms with E-state index in [0.717, 1.165) is 24.4 Å². The van der Waals surface area contributed by atoms with E-state index in [0.29, 0.717) is 13.1 Å². The van der Waals surface area contributed by atoms with E-state index >= 15 is 0 Å². The Balaban J connectivity index is 1.43. The Morgan fingerprint density at radius 1 is 0.857 bits per heavy atom. The van der Waals surface area contributed by atoms with Gasteiger partial charge in [0.15, 0.2) is 5.12 Å². The summed E-state index contributed by atoms with van der Waals surface area (Å²) in [5.74, 6) is 0. The van der Waals surface area contributed by atoms with E-state index in [4.69, 9.17) is 5.10 Å². The predicted molar refractivity (Wildman–Crippen MR) is 171 cm³/mol. The summed E-state index contributed by atoms with van der Waals surface area (Å²) in [5.41, 5.74) is 6.22. The number of aromatic nitrogens is 3. The number of likely N-dealkylation sites (tertiary alicyclic amines) is 1. The Labute approximate surface area is 251 Å². The van der Waals surface area contributed by atoms with Gasteiger partial charge in [-0.2, -0.15) is 5.10 Å². The third-order valence-electron chi connectivity index (χ3n) is 7.85. The minimum atomic E-state index is -0.507. The summed E-state index contributed by atoms with van der Waals surface area (Å²) >= 11 is 1.43. The lowest BCUT2D eigenvalue weighted by Crippen LogP contribution is -2.52. The number of hydrogen-bond acceptors (Lipinski definition) is 5. The van der Waals surface area contributed by atoms with Crippen LogP contribution in [0.5, 0.6) is 0 Å². The lowest BCUT2D eigenvalue weighted by Gasteiger charge is -2.49.